The van der Waals surface area contributed by atoms with E-state index in [9.17, 15) is 9.59 Å². The van der Waals surface area contributed by atoms with Crippen molar-refractivity contribution in [3.8, 4) is 0 Å². The Labute approximate surface area is 116 Å². The maximum absolute atomic E-state index is 12.1. The third-order valence-corrected chi connectivity index (χ3v) is 3.14. The van der Waals surface area contributed by atoms with Gasteiger partial charge in [0.25, 0.3) is 0 Å². The summed E-state index contributed by atoms with van der Waals surface area (Å²) in [5, 5.41) is 9.62. The summed E-state index contributed by atoms with van der Waals surface area (Å²) in [4.78, 5) is 28.3. The van der Waals surface area contributed by atoms with Crippen molar-refractivity contribution >= 4 is 22.8 Å². The predicted octanol–water partition coefficient (Wildman–Crippen LogP) is 1.71. The number of aliphatic carboxylic acids is 1. The van der Waals surface area contributed by atoms with Crippen LogP contribution in [-0.4, -0.2) is 40.5 Å². The van der Waals surface area contributed by atoms with E-state index in [-0.39, 0.29) is 25.3 Å². The molecule has 0 atom stereocenters. The number of carbonyl (C=O) groups excluding carboxylic acids is 1. The second-order valence-corrected chi connectivity index (χ2v) is 4.63. The Hall–Kier alpha value is -2.43. The number of pyridine rings is 1. The number of aromatic nitrogens is 1. The summed E-state index contributed by atoms with van der Waals surface area (Å²) >= 11 is 0. The Morgan fingerprint density at radius 3 is 2.75 bits per heavy atom. The second-order valence-electron chi connectivity index (χ2n) is 4.63. The largest absolute Gasteiger partial charge is 0.481 e. The molecule has 104 valence electrons. The number of para-hydroxylation sites is 1. The molecule has 1 amide bonds. The second kappa shape index (κ2) is 6.14. The number of carboxylic acids is 1. The summed E-state index contributed by atoms with van der Waals surface area (Å²) in [6.07, 6.45) is 1.88. The van der Waals surface area contributed by atoms with Gasteiger partial charge < -0.3 is 10.0 Å². The van der Waals surface area contributed by atoms with Gasteiger partial charge in [0, 0.05) is 25.2 Å². The van der Waals surface area contributed by atoms with Gasteiger partial charge in [-0.2, -0.15) is 0 Å². The average molecular weight is 272 g/mol. The number of nitrogens with zero attached hydrogens (tertiary/aromatic N) is 2. The Morgan fingerprint density at radius 1 is 1.25 bits per heavy atom. The van der Waals surface area contributed by atoms with Crippen molar-refractivity contribution in [2.45, 2.75) is 12.8 Å². The van der Waals surface area contributed by atoms with Gasteiger partial charge in [0.15, 0.2) is 0 Å². The smallest absolute Gasteiger partial charge is 0.305 e. The van der Waals surface area contributed by atoms with Crippen LogP contribution < -0.4 is 0 Å². The molecule has 1 N–H and O–H groups in total. The van der Waals surface area contributed by atoms with E-state index in [0.29, 0.717) is 0 Å². The molecule has 5 nitrogen and oxygen atoms in total. The maximum atomic E-state index is 12.1. The molecule has 2 aromatic rings. The van der Waals surface area contributed by atoms with E-state index in [0.717, 1.165) is 16.5 Å². The topological polar surface area (TPSA) is 70.5 Å². The molecule has 0 saturated carbocycles. The van der Waals surface area contributed by atoms with Crippen molar-refractivity contribution in [1.29, 1.82) is 0 Å². The lowest BCUT2D eigenvalue weighted by atomic mass is 10.1. The summed E-state index contributed by atoms with van der Waals surface area (Å²) in [7, 11) is 1.61. The number of carboxylic acid groups (broad SMARTS) is 1. The van der Waals surface area contributed by atoms with Crippen molar-refractivity contribution in [2.24, 2.45) is 0 Å². The monoisotopic (exact) mass is 272 g/mol. The molecule has 20 heavy (non-hydrogen) atoms. The molecule has 0 radical (unpaired) electrons. The zero-order chi connectivity index (χ0) is 14.5. The summed E-state index contributed by atoms with van der Waals surface area (Å²) in [5.74, 6) is -1.01. The van der Waals surface area contributed by atoms with Gasteiger partial charge in [-0.3, -0.25) is 14.6 Å². The number of likely N-dealkylation sites (N-methyl/N-ethyl adjacent to an activating group) is 1. The quantitative estimate of drug-likeness (QED) is 0.899. The third-order valence-electron chi connectivity index (χ3n) is 3.14. The Kier molecular flexibility index (Phi) is 4.30. The van der Waals surface area contributed by atoms with Gasteiger partial charge in [0.1, 0.15) is 0 Å². The van der Waals surface area contributed by atoms with Crippen LogP contribution in [0.15, 0.2) is 36.5 Å². The predicted molar refractivity (Wildman–Crippen MR) is 75.3 cm³/mol. The zero-order valence-corrected chi connectivity index (χ0v) is 11.2. The van der Waals surface area contributed by atoms with Crippen molar-refractivity contribution < 1.29 is 14.7 Å². The lowest BCUT2D eigenvalue weighted by molar-refractivity contribution is -0.138. The van der Waals surface area contributed by atoms with Crippen LogP contribution in [-0.2, 0) is 16.0 Å². The van der Waals surface area contributed by atoms with E-state index >= 15 is 0 Å². The van der Waals surface area contributed by atoms with Crippen molar-refractivity contribution in [3.63, 3.8) is 0 Å². The molecule has 5 heteroatoms. The van der Waals surface area contributed by atoms with E-state index in [1.54, 1.807) is 13.2 Å². The first kappa shape index (κ1) is 14.0. The Balaban J connectivity index is 2.12. The maximum Gasteiger partial charge on any atom is 0.305 e. The molecule has 0 saturated heterocycles. The normalized spacial score (nSPS) is 10.4. The van der Waals surface area contributed by atoms with Crippen molar-refractivity contribution in [1.82, 2.24) is 9.88 Å². The number of amides is 1. The highest BCUT2D eigenvalue weighted by Crippen LogP contribution is 2.16. The fourth-order valence-electron chi connectivity index (χ4n) is 2.00. The highest BCUT2D eigenvalue weighted by Gasteiger charge is 2.13. The van der Waals surface area contributed by atoms with Crippen LogP contribution >= 0.6 is 0 Å². The van der Waals surface area contributed by atoms with Crippen molar-refractivity contribution in [2.75, 3.05) is 13.6 Å². The molecule has 0 fully saturated rings. The zero-order valence-electron chi connectivity index (χ0n) is 11.2. The minimum Gasteiger partial charge on any atom is -0.481 e. The molecular formula is C15H16N2O3. The van der Waals surface area contributed by atoms with Crippen LogP contribution in [0.3, 0.4) is 0 Å². The van der Waals surface area contributed by atoms with E-state index in [4.69, 9.17) is 5.11 Å². The van der Waals surface area contributed by atoms with Crippen LogP contribution in [0, 0.1) is 0 Å². The molecule has 0 aliphatic rings. The SMILES string of the molecule is CN(CCC(=O)O)C(=O)Cc1cccc2cccnc12. The standard InChI is InChI=1S/C15H16N2O3/c1-17(9-7-14(19)20)13(18)10-12-5-2-4-11-6-3-8-16-15(11)12/h2-6,8H,7,9-10H2,1H3,(H,19,20). The van der Waals surface area contributed by atoms with Crippen molar-refractivity contribution in [3.05, 3.63) is 42.1 Å². The lowest BCUT2D eigenvalue weighted by Crippen LogP contribution is -2.30. The minimum atomic E-state index is -0.906. The Morgan fingerprint density at radius 2 is 2.00 bits per heavy atom. The van der Waals surface area contributed by atoms with E-state index in [2.05, 4.69) is 4.98 Å². The highest BCUT2D eigenvalue weighted by molar-refractivity contribution is 5.87. The van der Waals surface area contributed by atoms with E-state index in [1.165, 1.54) is 4.90 Å². The molecule has 0 bridgehead atoms. The molecule has 1 aromatic heterocycles. The highest BCUT2D eigenvalue weighted by atomic mass is 16.4. The van der Waals surface area contributed by atoms with Crippen LogP contribution in [0.5, 0.6) is 0 Å². The molecule has 0 unspecified atom stereocenters. The van der Waals surface area contributed by atoms with E-state index in [1.807, 2.05) is 30.3 Å². The first-order valence-electron chi connectivity index (χ1n) is 6.36. The first-order valence-corrected chi connectivity index (χ1v) is 6.36. The lowest BCUT2D eigenvalue weighted by Gasteiger charge is -2.16. The number of rotatable bonds is 5. The van der Waals surface area contributed by atoms with Crippen LogP contribution in [0.1, 0.15) is 12.0 Å². The van der Waals surface area contributed by atoms with E-state index < -0.39 is 5.97 Å². The summed E-state index contributed by atoms with van der Waals surface area (Å²) in [6.45, 7) is 0.215. The molecule has 1 heterocycles. The van der Waals surface area contributed by atoms with Gasteiger partial charge in [-0.15, -0.1) is 0 Å². The van der Waals surface area contributed by atoms with Gasteiger partial charge in [-0.05, 0) is 11.6 Å². The molecule has 1 aromatic carbocycles. The minimum absolute atomic E-state index is 0.0456. The summed E-state index contributed by atoms with van der Waals surface area (Å²) in [6, 6.07) is 9.52. The molecule has 0 aliphatic carbocycles. The van der Waals surface area contributed by atoms with Gasteiger partial charge in [0.2, 0.25) is 5.91 Å². The molecule has 2 rings (SSSR count). The number of fused-ring (bicyclic) bond motifs is 1. The average Bonchev–Trinajstić information content (AvgIpc) is 2.45. The number of hydrogen-bond acceptors (Lipinski definition) is 3. The fraction of sp³-hybridized carbons (Fsp3) is 0.267. The third kappa shape index (κ3) is 3.32. The fourth-order valence-corrected chi connectivity index (χ4v) is 2.00. The molecule has 0 aliphatic heterocycles. The van der Waals surface area contributed by atoms with Gasteiger partial charge in [-0.1, -0.05) is 24.3 Å². The van der Waals surface area contributed by atoms with Crippen LogP contribution in [0.4, 0.5) is 0 Å². The first-order chi connectivity index (χ1) is 9.58. The van der Waals surface area contributed by atoms with Gasteiger partial charge in [-0.25, -0.2) is 0 Å². The van der Waals surface area contributed by atoms with Crippen LogP contribution in [0.25, 0.3) is 10.9 Å². The van der Waals surface area contributed by atoms with Gasteiger partial charge in [0.05, 0.1) is 18.4 Å². The number of carbonyl (C=O) groups is 2. The summed E-state index contributed by atoms with van der Waals surface area (Å²) < 4.78 is 0. The number of benzene rings is 1. The number of hydrogen-bond donors (Lipinski definition) is 1. The van der Waals surface area contributed by atoms with Crippen LogP contribution in [0.2, 0.25) is 0 Å². The van der Waals surface area contributed by atoms with Gasteiger partial charge >= 0.3 is 5.97 Å². The molecular weight excluding hydrogens is 256 g/mol. The Bertz CT molecular complexity index is 635. The molecule has 0 spiro atoms. The summed E-state index contributed by atoms with van der Waals surface area (Å²) in [5.41, 5.74) is 1.67.